The average molecular weight is 319 g/mol. The van der Waals surface area contributed by atoms with Gasteiger partial charge in [0.15, 0.2) is 0 Å². The molecule has 3 unspecified atom stereocenters. The summed E-state index contributed by atoms with van der Waals surface area (Å²) in [6.45, 7) is 10.7. The number of aromatic nitrogens is 1. The molecule has 0 saturated carbocycles. The van der Waals surface area contributed by atoms with Gasteiger partial charge in [-0.05, 0) is 65.2 Å². The summed E-state index contributed by atoms with van der Waals surface area (Å²) in [6, 6.07) is 4.95. The van der Waals surface area contributed by atoms with Crippen molar-refractivity contribution in [2.75, 3.05) is 6.54 Å². The molecule has 1 aromatic heterocycles. The van der Waals surface area contributed by atoms with Gasteiger partial charge < -0.3 is 15.0 Å². The molecule has 0 aromatic carbocycles. The fourth-order valence-electron chi connectivity index (χ4n) is 3.02. The summed E-state index contributed by atoms with van der Waals surface area (Å²) in [5.41, 5.74) is 0.795. The molecule has 1 aliphatic rings. The lowest BCUT2D eigenvalue weighted by molar-refractivity contribution is 0.00905. The normalized spacial score (nSPS) is 23.4. The molecule has 0 radical (unpaired) electrons. The minimum absolute atomic E-state index is 0.181. The molecule has 1 aromatic rings. The average Bonchev–Trinajstić information content (AvgIpc) is 2.46. The summed E-state index contributed by atoms with van der Waals surface area (Å²) < 4.78 is 5.49. The van der Waals surface area contributed by atoms with Crippen LogP contribution in [0.4, 0.5) is 4.79 Å². The van der Waals surface area contributed by atoms with Gasteiger partial charge in [0.05, 0.1) is 0 Å². The van der Waals surface area contributed by atoms with Gasteiger partial charge in [-0.1, -0.05) is 0 Å². The van der Waals surface area contributed by atoms with Crippen molar-refractivity contribution in [3.05, 3.63) is 30.1 Å². The van der Waals surface area contributed by atoms with E-state index in [2.05, 4.69) is 24.1 Å². The van der Waals surface area contributed by atoms with Gasteiger partial charge in [0, 0.05) is 37.1 Å². The van der Waals surface area contributed by atoms with Crippen LogP contribution in [0.5, 0.6) is 0 Å². The highest BCUT2D eigenvalue weighted by Crippen LogP contribution is 2.22. The summed E-state index contributed by atoms with van der Waals surface area (Å²) in [5.74, 6) is 0. The van der Waals surface area contributed by atoms with Gasteiger partial charge >= 0.3 is 6.09 Å². The number of likely N-dealkylation sites (tertiary alicyclic amines) is 1. The number of hydrogen-bond acceptors (Lipinski definition) is 4. The summed E-state index contributed by atoms with van der Waals surface area (Å²) in [4.78, 5) is 18.2. The van der Waals surface area contributed by atoms with Crippen molar-refractivity contribution >= 4 is 6.09 Å². The Morgan fingerprint density at radius 3 is 2.61 bits per heavy atom. The Labute approximate surface area is 139 Å². The predicted molar refractivity (Wildman–Crippen MR) is 91.2 cm³/mol. The summed E-state index contributed by atoms with van der Waals surface area (Å²) in [7, 11) is 0. The maximum Gasteiger partial charge on any atom is 0.410 e. The quantitative estimate of drug-likeness (QED) is 0.926. The Morgan fingerprint density at radius 2 is 2.04 bits per heavy atom. The minimum Gasteiger partial charge on any atom is -0.444 e. The van der Waals surface area contributed by atoms with Crippen LogP contribution in [0, 0.1) is 0 Å². The molecule has 2 heterocycles. The van der Waals surface area contributed by atoms with Crippen molar-refractivity contribution < 1.29 is 9.53 Å². The first kappa shape index (κ1) is 17.7. The van der Waals surface area contributed by atoms with Crippen LogP contribution in [0.2, 0.25) is 0 Å². The Morgan fingerprint density at radius 1 is 1.39 bits per heavy atom. The van der Waals surface area contributed by atoms with Gasteiger partial charge in [-0.15, -0.1) is 0 Å². The molecular formula is C18H29N3O2. The topological polar surface area (TPSA) is 54.5 Å². The maximum absolute atomic E-state index is 12.3. The van der Waals surface area contributed by atoms with Crippen LogP contribution in [0.15, 0.2) is 24.5 Å². The van der Waals surface area contributed by atoms with E-state index < -0.39 is 5.60 Å². The van der Waals surface area contributed by atoms with Gasteiger partial charge in [0.2, 0.25) is 0 Å². The van der Waals surface area contributed by atoms with Crippen molar-refractivity contribution in [2.45, 2.75) is 71.2 Å². The monoisotopic (exact) mass is 319 g/mol. The number of ether oxygens (including phenoxy) is 1. The standard InChI is InChI=1S/C18H29N3O2/c1-13-12-16(20-14(2)15-6-9-19-10-7-15)8-11-21(13)17(22)23-18(3,4)5/h6-7,9-10,13-14,16,20H,8,11-12H2,1-5H3. The lowest BCUT2D eigenvalue weighted by atomic mass is 9.97. The molecule has 1 amide bonds. The Hall–Kier alpha value is -1.62. The molecule has 5 nitrogen and oxygen atoms in total. The van der Waals surface area contributed by atoms with E-state index in [0.29, 0.717) is 6.04 Å². The highest BCUT2D eigenvalue weighted by Gasteiger charge is 2.32. The first-order valence-corrected chi connectivity index (χ1v) is 8.42. The zero-order valence-corrected chi connectivity index (χ0v) is 14.9. The van der Waals surface area contributed by atoms with E-state index in [-0.39, 0.29) is 18.2 Å². The van der Waals surface area contributed by atoms with E-state index in [4.69, 9.17) is 4.74 Å². The molecular weight excluding hydrogens is 290 g/mol. The van der Waals surface area contributed by atoms with Crippen molar-refractivity contribution in [3.8, 4) is 0 Å². The number of pyridine rings is 1. The number of rotatable bonds is 3. The summed E-state index contributed by atoms with van der Waals surface area (Å²) in [6.07, 6.45) is 5.32. The zero-order valence-electron chi connectivity index (χ0n) is 14.9. The van der Waals surface area contributed by atoms with Crippen molar-refractivity contribution in [3.63, 3.8) is 0 Å². The van der Waals surface area contributed by atoms with E-state index in [1.54, 1.807) is 0 Å². The summed E-state index contributed by atoms with van der Waals surface area (Å²) >= 11 is 0. The van der Waals surface area contributed by atoms with Crippen molar-refractivity contribution in [1.29, 1.82) is 0 Å². The third-order valence-corrected chi connectivity index (χ3v) is 4.20. The third-order valence-electron chi connectivity index (χ3n) is 4.20. The molecule has 1 aliphatic heterocycles. The van der Waals surface area contributed by atoms with Gasteiger partial charge in [0.25, 0.3) is 0 Å². The lowest BCUT2D eigenvalue weighted by Gasteiger charge is -2.39. The molecule has 1 fully saturated rings. The molecule has 3 atom stereocenters. The number of nitrogens with one attached hydrogen (secondary N) is 1. The van der Waals surface area contributed by atoms with Crippen LogP contribution in [-0.2, 0) is 4.74 Å². The van der Waals surface area contributed by atoms with Crippen molar-refractivity contribution in [2.24, 2.45) is 0 Å². The highest BCUT2D eigenvalue weighted by atomic mass is 16.6. The SMILES string of the molecule is CC(NC1CCN(C(=O)OC(C)(C)C)C(C)C1)c1ccncc1. The van der Waals surface area contributed by atoms with Crippen LogP contribution in [0.1, 0.15) is 59.1 Å². The molecule has 1 saturated heterocycles. The second-order valence-electron chi connectivity index (χ2n) is 7.41. The Bertz CT molecular complexity index is 513. The van der Waals surface area contributed by atoms with Crippen LogP contribution < -0.4 is 5.32 Å². The smallest absolute Gasteiger partial charge is 0.410 e. The minimum atomic E-state index is -0.443. The number of carbonyl (C=O) groups excluding carboxylic acids is 1. The lowest BCUT2D eigenvalue weighted by Crippen LogP contribution is -2.51. The molecule has 23 heavy (non-hydrogen) atoms. The van der Waals surface area contributed by atoms with E-state index in [9.17, 15) is 4.79 Å². The van der Waals surface area contributed by atoms with Gasteiger partial charge in [-0.25, -0.2) is 4.79 Å². The van der Waals surface area contributed by atoms with E-state index in [0.717, 1.165) is 19.4 Å². The molecule has 128 valence electrons. The first-order chi connectivity index (χ1) is 10.8. The molecule has 2 rings (SSSR count). The fourth-order valence-corrected chi connectivity index (χ4v) is 3.02. The number of piperidine rings is 1. The number of carbonyl (C=O) groups is 1. The molecule has 0 bridgehead atoms. The predicted octanol–water partition coefficient (Wildman–Crippen LogP) is 3.52. The molecule has 1 N–H and O–H groups in total. The Kier molecular flexibility index (Phi) is 5.63. The maximum atomic E-state index is 12.3. The first-order valence-electron chi connectivity index (χ1n) is 8.42. The van der Waals surface area contributed by atoms with Crippen molar-refractivity contribution in [1.82, 2.24) is 15.2 Å². The Balaban J connectivity index is 1.87. The van der Waals surface area contributed by atoms with E-state index >= 15 is 0 Å². The second kappa shape index (κ2) is 7.30. The van der Waals surface area contributed by atoms with Gasteiger partial charge in [0.1, 0.15) is 5.60 Å². The van der Waals surface area contributed by atoms with Crippen LogP contribution in [-0.4, -0.2) is 40.2 Å². The molecule has 5 heteroatoms. The highest BCUT2D eigenvalue weighted by molar-refractivity contribution is 5.68. The fraction of sp³-hybridized carbons (Fsp3) is 0.667. The van der Waals surface area contributed by atoms with Crippen LogP contribution >= 0.6 is 0 Å². The summed E-state index contributed by atoms with van der Waals surface area (Å²) in [5, 5.41) is 3.67. The van der Waals surface area contributed by atoms with Gasteiger partial charge in [-0.3, -0.25) is 4.98 Å². The molecule has 0 aliphatic carbocycles. The number of hydrogen-bond donors (Lipinski definition) is 1. The second-order valence-corrected chi connectivity index (χ2v) is 7.41. The zero-order chi connectivity index (χ0) is 17.0. The number of nitrogens with zero attached hydrogens (tertiary/aromatic N) is 2. The third kappa shape index (κ3) is 5.20. The van der Waals surface area contributed by atoms with Crippen LogP contribution in [0.3, 0.4) is 0 Å². The largest absolute Gasteiger partial charge is 0.444 e. The van der Waals surface area contributed by atoms with Gasteiger partial charge in [-0.2, -0.15) is 0 Å². The number of amides is 1. The molecule has 0 spiro atoms. The van der Waals surface area contributed by atoms with Crippen LogP contribution in [0.25, 0.3) is 0 Å². The van der Waals surface area contributed by atoms with E-state index in [1.807, 2.05) is 50.2 Å². The van der Waals surface area contributed by atoms with E-state index in [1.165, 1.54) is 5.56 Å².